The lowest BCUT2D eigenvalue weighted by molar-refractivity contribution is -0.141. The molecule has 1 N–H and O–H groups in total. The molecule has 2 amide bonds. The predicted molar refractivity (Wildman–Crippen MR) is 132 cm³/mol. The van der Waals surface area contributed by atoms with Crippen molar-refractivity contribution in [3.8, 4) is 0 Å². The molecule has 0 aromatic heterocycles. The first-order chi connectivity index (χ1) is 16.1. The molecule has 2 aromatic carbocycles. The summed E-state index contributed by atoms with van der Waals surface area (Å²) in [6, 6.07) is 12.3. The summed E-state index contributed by atoms with van der Waals surface area (Å²) in [6.45, 7) is 6.25. The minimum atomic E-state index is -3.54. The first-order valence-electron chi connectivity index (χ1n) is 11.4. The fourth-order valence-electron chi connectivity index (χ4n) is 3.79. The molecule has 9 heteroatoms. The van der Waals surface area contributed by atoms with Crippen molar-refractivity contribution in [2.45, 2.75) is 52.6 Å². The zero-order valence-corrected chi connectivity index (χ0v) is 21.1. The van der Waals surface area contributed by atoms with Crippen molar-refractivity contribution in [3.05, 3.63) is 65.5 Å². The largest absolute Gasteiger partial charge is 0.355 e. The molecule has 34 heavy (non-hydrogen) atoms. The van der Waals surface area contributed by atoms with E-state index in [1.807, 2.05) is 26.8 Å². The highest BCUT2D eigenvalue weighted by Gasteiger charge is 2.28. The van der Waals surface area contributed by atoms with Crippen molar-refractivity contribution in [1.29, 1.82) is 0 Å². The topological polar surface area (TPSA) is 86.8 Å². The van der Waals surface area contributed by atoms with E-state index < -0.39 is 16.1 Å². The summed E-state index contributed by atoms with van der Waals surface area (Å²) in [5.74, 6) is -0.896. The van der Waals surface area contributed by atoms with Gasteiger partial charge >= 0.3 is 0 Å². The highest BCUT2D eigenvalue weighted by molar-refractivity contribution is 7.92. The molecule has 0 fully saturated rings. The Bertz CT molecular complexity index is 1070. The summed E-state index contributed by atoms with van der Waals surface area (Å²) in [5, 5.41) is 2.77. The Balaban J connectivity index is 2.19. The highest BCUT2D eigenvalue weighted by Crippen LogP contribution is 2.20. The second-order valence-electron chi connectivity index (χ2n) is 8.24. The number of hydrogen-bond acceptors (Lipinski definition) is 4. The van der Waals surface area contributed by atoms with Crippen LogP contribution in [0.1, 0.15) is 44.2 Å². The zero-order chi connectivity index (χ0) is 25.3. The second-order valence-corrected chi connectivity index (χ2v) is 10.2. The Kier molecular flexibility index (Phi) is 10.0. The Morgan fingerprint density at radius 3 is 2.32 bits per heavy atom. The number of sulfonamides is 1. The molecule has 7 nitrogen and oxygen atoms in total. The Morgan fingerprint density at radius 2 is 1.76 bits per heavy atom. The minimum Gasteiger partial charge on any atom is -0.355 e. The number of rotatable bonds is 12. The normalized spacial score (nSPS) is 12.1. The van der Waals surface area contributed by atoms with E-state index in [9.17, 15) is 22.4 Å². The Hall–Kier alpha value is -2.94. The van der Waals surface area contributed by atoms with Crippen LogP contribution in [0.15, 0.2) is 48.5 Å². The van der Waals surface area contributed by atoms with Crippen LogP contribution in [-0.2, 0) is 26.2 Å². The van der Waals surface area contributed by atoms with Gasteiger partial charge in [0.25, 0.3) is 0 Å². The van der Waals surface area contributed by atoms with Gasteiger partial charge in [-0.25, -0.2) is 12.8 Å². The van der Waals surface area contributed by atoms with Gasteiger partial charge < -0.3 is 10.2 Å². The number of halogens is 1. The summed E-state index contributed by atoms with van der Waals surface area (Å²) in [6.07, 6.45) is 1.90. The molecule has 2 rings (SSSR count). The van der Waals surface area contributed by atoms with Crippen molar-refractivity contribution in [1.82, 2.24) is 10.2 Å². The molecule has 0 unspecified atom stereocenters. The van der Waals surface area contributed by atoms with Crippen molar-refractivity contribution >= 4 is 27.5 Å². The lowest BCUT2D eigenvalue weighted by atomic mass is 10.1. The van der Waals surface area contributed by atoms with E-state index in [2.05, 4.69) is 5.32 Å². The SMILES string of the molecule is CCNC(=O)[C@@H](CC)N(Cc1ccc(F)cc1)C(=O)CCCN(c1cccc(C)c1)S(C)(=O)=O. The molecule has 0 bridgehead atoms. The molecule has 186 valence electrons. The van der Waals surface area contributed by atoms with E-state index in [1.165, 1.54) is 21.3 Å². The highest BCUT2D eigenvalue weighted by atomic mass is 32.2. The van der Waals surface area contributed by atoms with E-state index in [0.717, 1.165) is 11.8 Å². The quantitative estimate of drug-likeness (QED) is 0.491. The van der Waals surface area contributed by atoms with E-state index in [1.54, 1.807) is 30.3 Å². The van der Waals surface area contributed by atoms with Crippen LogP contribution in [0.5, 0.6) is 0 Å². The number of likely N-dealkylation sites (N-methyl/N-ethyl adjacent to an activating group) is 1. The maximum absolute atomic E-state index is 13.3. The predicted octanol–water partition coefficient (Wildman–Crippen LogP) is 3.62. The molecule has 2 aromatic rings. The number of amides is 2. The van der Waals surface area contributed by atoms with Gasteiger partial charge in [-0.05, 0) is 62.1 Å². The standard InChI is InChI=1S/C25H34FN3O4S/c1-5-23(25(31)27-6-2)28(18-20-12-14-21(26)15-13-20)24(30)11-8-16-29(34(4,32)33)22-10-7-9-19(3)17-22/h7,9-10,12-15,17,23H,5-6,8,11,16,18H2,1-4H3,(H,27,31)/t23-/m1/s1. The van der Waals surface area contributed by atoms with Crippen LogP contribution in [0.25, 0.3) is 0 Å². The fourth-order valence-corrected chi connectivity index (χ4v) is 4.74. The number of carbonyl (C=O) groups excluding carboxylic acids is 2. The van der Waals surface area contributed by atoms with E-state index in [4.69, 9.17) is 0 Å². The van der Waals surface area contributed by atoms with Crippen LogP contribution in [0, 0.1) is 12.7 Å². The number of hydrogen-bond donors (Lipinski definition) is 1. The number of carbonyl (C=O) groups is 2. The maximum atomic E-state index is 13.3. The van der Waals surface area contributed by atoms with Crippen molar-refractivity contribution < 1.29 is 22.4 Å². The summed E-state index contributed by atoms with van der Waals surface area (Å²) in [7, 11) is -3.54. The van der Waals surface area contributed by atoms with Crippen molar-refractivity contribution in [3.63, 3.8) is 0 Å². The van der Waals surface area contributed by atoms with Gasteiger partial charge in [-0.1, -0.05) is 31.2 Å². The summed E-state index contributed by atoms with van der Waals surface area (Å²) >= 11 is 0. The average molecular weight is 492 g/mol. The van der Waals surface area contributed by atoms with Gasteiger partial charge in [0.2, 0.25) is 21.8 Å². The Labute approximate surface area is 202 Å². The van der Waals surface area contributed by atoms with Gasteiger partial charge in [0.1, 0.15) is 11.9 Å². The molecule has 0 heterocycles. The second kappa shape index (κ2) is 12.5. The molecular formula is C25H34FN3O4S. The third kappa shape index (κ3) is 7.83. The van der Waals surface area contributed by atoms with E-state index in [0.29, 0.717) is 24.2 Å². The first-order valence-corrected chi connectivity index (χ1v) is 13.3. The summed E-state index contributed by atoms with van der Waals surface area (Å²) < 4.78 is 39.4. The van der Waals surface area contributed by atoms with Gasteiger partial charge in [0, 0.05) is 26.1 Å². The zero-order valence-electron chi connectivity index (χ0n) is 20.3. The number of nitrogens with zero attached hydrogens (tertiary/aromatic N) is 2. The summed E-state index contributed by atoms with van der Waals surface area (Å²) in [5.41, 5.74) is 2.18. The van der Waals surface area contributed by atoms with Crippen LogP contribution in [0.3, 0.4) is 0 Å². The van der Waals surface area contributed by atoms with Gasteiger partial charge in [-0.15, -0.1) is 0 Å². The first kappa shape index (κ1) is 27.3. The molecule has 0 spiro atoms. The molecule has 1 atom stereocenters. The molecule has 0 aliphatic rings. The third-order valence-electron chi connectivity index (χ3n) is 5.44. The molecule has 0 saturated heterocycles. The number of benzene rings is 2. The smallest absolute Gasteiger partial charge is 0.242 e. The molecule has 0 saturated carbocycles. The van der Waals surface area contributed by atoms with Gasteiger partial charge in [0.05, 0.1) is 11.9 Å². The van der Waals surface area contributed by atoms with Gasteiger partial charge in [-0.2, -0.15) is 0 Å². The van der Waals surface area contributed by atoms with Crippen molar-refractivity contribution in [2.24, 2.45) is 0 Å². The molecule has 0 aliphatic heterocycles. The monoisotopic (exact) mass is 491 g/mol. The van der Waals surface area contributed by atoms with E-state index in [-0.39, 0.29) is 43.6 Å². The lowest BCUT2D eigenvalue weighted by Gasteiger charge is -2.31. The molecular weight excluding hydrogens is 457 g/mol. The minimum absolute atomic E-state index is 0.0644. The lowest BCUT2D eigenvalue weighted by Crippen LogP contribution is -2.49. The molecule has 0 aliphatic carbocycles. The molecule has 0 radical (unpaired) electrons. The summed E-state index contributed by atoms with van der Waals surface area (Å²) in [4.78, 5) is 27.4. The number of nitrogens with one attached hydrogen (secondary N) is 1. The van der Waals surface area contributed by atoms with E-state index >= 15 is 0 Å². The average Bonchev–Trinajstić information content (AvgIpc) is 2.77. The van der Waals surface area contributed by atoms with Crippen molar-refractivity contribution in [2.75, 3.05) is 23.7 Å². The van der Waals surface area contributed by atoms with Gasteiger partial charge in [0.15, 0.2) is 0 Å². The third-order valence-corrected chi connectivity index (χ3v) is 6.64. The number of anilines is 1. The van der Waals surface area contributed by atoms with Crippen LogP contribution < -0.4 is 9.62 Å². The maximum Gasteiger partial charge on any atom is 0.242 e. The van der Waals surface area contributed by atoms with Crippen LogP contribution in [-0.4, -0.2) is 50.5 Å². The number of aryl methyl sites for hydroxylation is 1. The van der Waals surface area contributed by atoms with Crippen LogP contribution in [0.4, 0.5) is 10.1 Å². The van der Waals surface area contributed by atoms with Gasteiger partial charge in [-0.3, -0.25) is 13.9 Å². The Morgan fingerprint density at radius 1 is 1.09 bits per heavy atom. The fraction of sp³-hybridized carbons (Fsp3) is 0.440. The van der Waals surface area contributed by atoms with Crippen LogP contribution in [0.2, 0.25) is 0 Å². The van der Waals surface area contributed by atoms with Crippen LogP contribution >= 0.6 is 0 Å².